The molecular formula is C21H32N4. The number of fused-ring (bicyclic) bond motifs is 1. The predicted molar refractivity (Wildman–Crippen MR) is 106 cm³/mol. The summed E-state index contributed by atoms with van der Waals surface area (Å²) in [6.45, 7) is 12.7. The normalized spacial score (nSPS) is 20.5. The van der Waals surface area contributed by atoms with Gasteiger partial charge < -0.3 is 14.4 Å². The average Bonchev–Trinajstić information content (AvgIpc) is 2.93. The molecule has 4 heterocycles. The molecule has 0 saturated carbocycles. The van der Waals surface area contributed by atoms with Crippen molar-refractivity contribution in [2.75, 3.05) is 31.1 Å². The van der Waals surface area contributed by atoms with E-state index in [9.17, 15) is 0 Å². The van der Waals surface area contributed by atoms with E-state index in [1.807, 2.05) is 6.20 Å². The van der Waals surface area contributed by atoms with E-state index in [4.69, 9.17) is 4.98 Å². The second kappa shape index (κ2) is 6.99. The zero-order valence-electron chi connectivity index (χ0n) is 16.1. The van der Waals surface area contributed by atoms with Crippen LogP contribution in [0.15, 0.2) is 12.3 Å². The minimum atomic E-state index is 0.789. The number of anilines is 1. The highest BCUT2D eigenvalue weighted by molar-refractivity contribution is 5.93. The number of rotatable bonds is 3. The standard InChI is InChI=1S/C21H32N4/c1-4-25-17(3)16(2)19-8-11-22-21(20(19)25)24-14-9-18(10-15-24)23-12-6-5-7-13-23/h8,11,18H,4-7,9-10,12-15H2,1-3H3. The third-order valence-electron chi connectivity index (χ3n) is 6.51. The number of pyridine rings is 1. The van der Waals surface area contributed by atoms with Crippen molar-refractivity contribution in [2.24, 2.45) is 0 Å². The van der Waals surface area contributed by atoms with Gasteiger partial charge in [-0.25, -0.2) is 4.98 Å². The van der Waals surface area contributed by atoms with E-state index in [0.717, 1.165) is 25.7 Å². The summed E-state index contributed by atoms with van der Waals surface area (Å²) in [6.07, 6.45) is 8.77. The fraction of sp³-hybridized carbons (Fsp3) is 0.667. The molecule has 0 radical (unpaired) electrons. The van der Waals surface area contributed by atoms with Crippen LogP contribution in [0.3, 0.4) is 0 Å². The average molecular weight is 341 g/mol. The molecule has 2 aromatic rings. The van der Waals surface area contributed by atoms with Crippen LogP contribution in [0.1, 0.15) is 50.3 Å². The number of piperidine rings is 2. The van der Waals surface area contributed by atoms with Gasteiger partial charge in [0.1, 0.15) is 0 Å². The summed E-state index contributed by atoms with van der Waals surface area (Å²) >= 11 is 0. The molecule has 0 aliphatic carbocycles. The van der Waals surface area contributed by atoms with Gasteiger partial charge in [0.15, 0.2) is 5.82 Å². The molecule has 0 N–H and O–H groups in total. The molecule has 2 fully saturated rings. The number of hydrogen-bond donors (Lipinski definition) is 0. The molecule has 2 aromatic heterocycles. The van der Waals surface area contributed by atoms with E-state index in [-0.39, 0.29) is 0 Å². The topological polar surface area (TPSA) is 24.3 Å². The van der Waals surface area contributed by atoms with Gasteiger partial charge in [0.25, 0.3) is 0 Å². The Morgan fingerprint density at radius 2 is 1.76 bits per heavy atom. The molecule has 2 aliphatic rings. The van der Waals surface area contributed by atoms with Crippen LogP contribution in [-0.2, 0) is 6.54 Å². The van der Waals surface area contributed by atoms with Crippen LogP contribution in [0.25, 0.3) is 10.9 Å². The maximum absolute atomic E-state index is 4.82. The Bertz CT molecular complexity index is 734. The smallest absolute Gasteiger partial charge is 0.153 e. The Morgan fingerprint density at radius 1 is 1.04 bits per heavy atom. The number of hydrogen-bond acceptors (Lipinski definition) is 3. The van der Waals surface area contributed by atoms with Crippen molar-refractivity contribution in [3.8, 4) is 0 Å². The first-order valence-corrected chi connectivity index (χ1v) is 10.1. The first kappa shape index (κ1) is 16.9. The van der Waals surface area contributed by atoms with Gasteiger partial charge in [0, 0.05) is 43.0 Å². The minimum absolute atomic E-state index is 0.789. The van der Waals surface area contributed by atoms with Crippen LogP contribution in [0, 0.1) is 13.8 Å². The quantitative estimate of drug-likeness (QED) is 0.840. The van der Waals surface area contributed by atoms with Gasteiger partial charge in [0.05, 0.1) is 5.52 Å². The van der Waals surface area contributed by atoms with Crippen LogP contribution in [0.4, 0.5) is 5.82 Å². The van der Waals surface area contributed by atoms with E-state index in [1.165, 1.54) is 73.2 Å². The van der Waals surface area contributed by atoms with E-state index in [0.29, 0.717) is 0 Å². The zero-order valence-corrected chi connectivity index (χ0v) is 16.1. The van der Waals surface area contributed by atoms with Gasteiger partial charge in [-0.05, 0) is 71.2 Å². The summed E-state index contributed by atoms with van der Waals surface area (Å²) in [5.74, 6) is 1.20. The maximum atomic E-state index is 4.82. The molecule has 25 heavy (non-hydrogen) atoms. The third kappa shape index (κ3) is 2.95. The summed E-state index contributed by atoms with van der Waals surface area (Å²) in [4.78, 5) is 10.1. The third-order valence-corrected chi connectivity index (χ3v) is 6.51. The maximum Gasteiger partial charge on any atom is 0.153 e. The van der Waals surface area contributed by atoms with Crippen molar-refractivity contribution in [1.82, 2.24) is 14.5 Å². The van der Waals surface area contributed by atoms with Crippen molar-refractivity contribution < 1.29 is 0 Å². The number of likely N-dealkylation sites (tertiary alicyclic amines) is 1. The van der Waals surface area contributed by atoms with Crippen LogP contribution < -0.4 is 4.90 Å². The van der Waals surface area contributed by atoms with Crippen LogP contribution in [-0.4, -0.2) is 46.7 Å². The van der Waals surface area contributed by atoms with Crippen LogP contribution in [0.5, 0.6) is 0 Å². The fourth-order valence-corrected chi connectivity index (χ4v) is 4.93. The van der Waals surface area contributed by atoms with Gasteiger partial charge >= 0.3 is 0 Å². The van der Waals surface area contributed by atoms with Gasteiger partial charge in [0.2, 0.25) is 0 Å². The monoisotopic (exact) mass is 340 g/mol. The molecule has 0 bridgehead atoms. The van der Waals surface area contributed by atoms with Gasteiger partial charge in [-0.2, -0.15) is 0 Å². The molecule has 2 saturated heterocycles. The fourth-order valence-electron chi connectivity index (χ4n) is 4.93. The van der Waals surface area contributed by atoms with Crippen molar-refractivity contribution in [2.45, 2.75) is 65.5 Å². The molecule has 4 nitrogen and oxygen atoms in total. The number of nitrogens with zero attached hydrogens (tertiary/aromatic N) is 4. The second-order valence-corrected chi connectivity index (χ2v) is 7.80. The largest absolute Gasteiger partial charge is 0.355 e. The molecule has 0 spiro atoms. The van der Waals surface area contributed by atoms with Crippen LogP contribution >= 0.6 is 0 Å². The highest BCUT2D eigenvalue weighted by Crippen LogP contribution is 2.33. The molecular weight excluding hydrogens is 308 g/mol. The summed E-state index contributed by atoms with van der Waals surface area (Å²) in [6, 6.07) is 2.98. The second-order valence-electron chi connectivity index (χ2n) is 7.80. The summed E-state index contributed by atoms with van der Waals surface area (Å²) in [5.41, 5.74) is 4.13. The Hall–Kier alpha value is -1.55. The Balaban J connectivity index is 1.58. The predicted octanol–water partition coefficient (Wildman–Crippen LogP) is 4.13. The lowest BCUT2D eigenvalue weighted by molar-refractivity contribution is 0.141. The number of aromatic nitrogens is 2. The van der Waals surface area contributed by atoms with Crippen LogP contribution in [0.2, 0.25) is 0 Å². The highest BCUT2D eigenvalue weighted by atomic mass is 15.2. The van der Waals surface area contributed by atoms with Crippen molar-refractivity contribution in [3.05, 3.63) is 23.5 Å². The van der Waals surface area contributed by atoms with E-state index in [1.54, 1.807) is 0 Å². The SMILES string of the molecule is CCn1c(C)c(C)c2ccnc(N3CCC(N4CCCCC4)CC3)c21. The van der Waals surface area contributed by atoms with E-state index < -0.39 is 0 Å². The zero-order chi connectivity index (χ0) is 17.4. The minimum Gasteiger partial charge on any atom is -0.355 e. The van der Waals surface area contributed by atoms with E-state index >= 15 is 0 Å². The molecule has 0 amide bonds. The van der Waals surface area contributed by atoms with Crippen molar-refractivity contribution in [3.63, 3.8) is 0 Å². The molecule has 4 heteroatoms. The Labute approximate surface area is 151 Å². The number of aryl methyl sites for hydroxylation is 2. The first-order valence-electron chi connectivity index (χ1n) is 10.1. The molecule has 0 unspecified atom stereocenters. The van der Waals surface area contributed by atoms with E-state index in [2.05, 4.69) is 41.2 Å². The lowest BCUT2D eigenvalue weighted by Crippen LogP contribution is -2.47. The van der Waals surface area contributed by atoms with Gasteiger partial charge in [-0.15, -0.1) is 0 Å². The van der Waals surface area contributed by atoms with Gasteiger partial charge in [-0.1, -0.05) is 6.42 Å². The molecule has 0 aromatic carbocycles. The van der Waals surface area contributed by atoms with Crippen molar-refractivity contribution >= 4 is 16.7 Å². The summed E-state index contributed by atoms with van der Waals surface area (Å²) < 4.78 is 2.45. The molecule has 136 valence electrons. The van der Waals surface area contributed by atoms with Gasteiger partial charge in [-0.3, -0.25) is 0 Å². The molecule has 4 rings (SSSR count). The molecule has 2 aliphatic heterocycles. The van der Waals surface area contributed by atoms with Crippen molar-refractivity contribution in [1.29, 1.82) is 0 Å². The Kier molecular flexibility index (Phi) is 4.72. The lowest BCUT2D eigenvalue weighted by atomic mass is 10.00. The Morgan fingerprint density at radius 3 is 2.44 bits per heavy atom. The highest BCUT2D eigenvalue weighted by Gasteiger charge is 2.27. The first-order chi connectivity index (χ1) is 12.2. The summed E-state index contributed by atoms with van der Waals surface area (Å²) in [7, 11) is 0. The summed E-state index contributed by atoms with van der Waals surface area (Å²) in [5, 5.41) is 1.38. The lowest BCUT2D eigenvalue weighted by Gasteiger charge is -2.40. The molecule has 0 atom stereocenters.